The predicted octanol–water partition coefficient (Wildman–Crippen LogP) is 1.15. The fourth-order valence-electron chi connectivity index (χ4n) is 2.60. The van der Waals surface area contributed by atoms with E-state index in [-0.39, 0.29) is 19.2 Å². The topological polar surface area (TPSA) is 81.1 Å². The van der Waals surface area contributed by atoms with E-state index in [2.05, 4.69) is 0 Å². The van der Waals surface area contributed by atoms with Gasteiger partial charge in [-0.25, -0.2) is 9.59 Å². The van der Waals surface area contributed by atoms with Gasteiger partial charge in [0, 0.05) is 19.6 Å². The number of nitrogens with zero attached hydrogens (tertiary/aromatic N) is 2. The summed E-state index contributed by atoms with van der Waals surface area (Å²) >= 11 is 0. The third-order valence-corrected chi connectivity index (χ3v) is 3.64. The molecule has 0 bridgehead atoms. The molecular weight excluding hydrogens is 272 g/mol. The first-order valence-corrected chi connectivity index (χ1v) is 7.06. The number of urea groups is 1. The Morgan fingerprint density at radius 1 is 1.29 bits per heavy atom. The van der Waals surface area contributed by atoms with Crippen LogP contribution in [0.15, 0.2) is 30.3 Å². The van der Waals surface area contributed by atoms with Gasteiger partial charge < -0.3 is 20.0 Å². The molecule has 1 heterocycles. The molecule has 0 saturated carbocycles. The summed E-state index contributed by atoms with van der Waals surface area (Å²) in [6.07, 6.45) is 1.18. The van der Waals surface area contributed by atoms with Crippen molar-refractivity contribution in [3.8, 4) is 0 Å². The quantitative estimate of drug-likeness (QED) is 0.853. The van der Waals surface area contributed by atoms with E-state index in [0.717, 1.165) is 5.56 Å². The van der Waals surface area contributed by atoms with Crippen LogP contribution in [0.4, 0.5) is 4.79 Å². The monoisotopic (exact) mass is 292 g/mol. The second kappa shape index (κ2) is 7.08. The molecule has 0 aliphatic carbocycles. The van der Waals surface area contributed by atoms with Crippen LogP contribution in [-0.2, 0) is 11.3 Å². The van der Waals surface area contributed by atoms with E-state index >= 15 is 0 Å². The van der Waals surface area contributed by atoms with Crippen LogP contribution >= 0.6 is 0 Å². The van der Waals surface area contributed by atoms with Crippen molar-refractivity contribution in [1.82, 2.24) is 9.80 Å². The maximum Gasteiger partial charge on any atom is 0.326 e. The van der Waals surface area contributed by atoms with Gasteiger partial charge in [-0.1, -0.05) is 30.3 Å². The molecule has 1 aromatic rings. The number of carbonyl (C=O) groups is 2. The van der Waals surface area contributed by atoms with Gasteiger partial charge in [0.25, 0.3) is 0 Å². The summed E-state index contributed by atoms with van der Waals surface area (Å²) in [5, 5.41) is 18.3. The zero-order valence-electron chi connectivity index (χ0n) is 11.8. The molecule has 6 nitrogen and oxygen atoms in total. The second-order valence-electron chi connectivity index (χ2n) is 5.10. The van der Waals surface area contributed by atoms with Gasteiger partial charge >= 0.3 is 12.0 Å². The van der Waals surface area contributed by atoms with E-state index in [4.69, 9.17) is 5.11 Å². The maximum atomic E-state index is 12.5. The van der Waals surface area contributed by atoms with Gasteiger partial charge in [0.2, 0.25) is 0 Å². The molecule has 0 radical (unpaired) electrons. The number of amides is 2. The van der Waals surface area contributed by atoms with Crippen LogP contribution in [0, 0.1) is 0 Å². The molecular formula is C15H20N2O4. The number of aliphatic carboxylic acids is 1. The number of carboxylic acid groups (broad SMARTS) is 1. The van der Waals surface area contributed by atoms with Gasteiger partial charge in [0.1, 0.15) is 6.04 Å². The maximum absolute atomic E-state index is 12.5. The zero-order chi connectivity index (χ0) is 15.2. The lowest BCUT2D eigenvalue weighted by molar-refractivity contribution is -0.141. The summed E-state index contributed by atoms with van der Waals surface area (Å²) in [4.78, 5) is 26.6. The number of aliphatic hydroxyl groups excluding tert-OH is 1. The predicted molar refractivity (Wildman–Crippen MR) is 76.7 cm³/mol. The summed E-state index contributed by atoms with van der Waals surface area (Å²) in [6, 6.07) is 8.38. The standard InChI is InChI=1S/C15H20N2O4/c18-10-9-16(11-12-5-2-1-3-6-12)15(21)17-8-4-7-13(17)14(19)20/h1-3,5-6,13,18H,4,7-11H2,(H,19,20)/t13-/m1/s1. The molecule has 1 fully saturated rings. The van der Waals surface area contributed by atoms with Crippen LogP contribution in [0.5, 0.6) is 0 Å². The number of rotatable bonds is 5. The van der Waals surface area contributed by atoms with Gasteiger partial charge in [-0.2, -0.15) is 0 Å². The number of carboxylic acids is 1. The summed E-state index contributed by atoms with van der Waals surface area (Å²) in [5.74, 6) is -0.968. The average molecular weight is 292 g/mol. The van der Waals surface area contributed by atoms with Crippen molar-refractivity contribution in [2.45, 2.75) is 25.4 Å². The first kappa shape index (κ1) is 15.3. The second-order valence-corrected chi connectivity index (χ2v) is 5.10. The van der Waals surface area contributed by atoms with E-state index in [9.17, 15) is 14.7 Å². The lowest BCUT2D eigenvalue weighted by Crippen LogP contribution is -2.48. The van der Waals surface area contributed by atoms with E-state index in [1.165, 1.54) is 9.80 Å². The molecule has 0 spiro atoms. The number of hydrogen-bond acceptors (Lipinski definition) is 3. The Bertz CT molecular complexity index is 492. The molecule has 2 N–H and O–H groups in total. The third-order valence-electron chi connectivity index (χ3n) is 3.64. The summed E-state index contributed by atoms with van der Waals surface area (Å²) < 4.78 is 0. The smallest absolute Gasteiger partial charge is 0.326 e. The minimum Gasteiger partial charge on any atom is -0.480 e. The fraction of sp³-hybridized carbons (Fsp3) is 0.467. The molecule has 114 valence electrons. The lowest BCUT2D eigenvalue weighted by atomic mass is 10.2. The number of likely N-dealkylation sites (tertiary alicyclic amines) is 1. The minimum atomic E-state index is -0.968. The van der Waals surface area contributed by atoms with Crippen molar-refractivity contribution in [2.75, 3.05) is 19.7 Å². The first-order chi connectivity index (χ1) is 10.1. The number of aliphatic hydroxyl groups is 1. The molecule has 1 aliphatic rings. The summed E-state index contributed by atoms with van der Waals surface area (Å²) in [5.41, 5.74) is 0.949. The van der Waals surface area contributed by atoms with Crippen LogP contribution < -0.4 is 0 Å². The van der Waals surface area contributed by atoms with E-state index < -0.39 is 12.0 Å². The van der Waals surface area contributed by atoms with Gasteiger partial charge in [-0.05, 0) is 18.4 Å². The minimum absolute atomic E-state index is 0.149. The summed E-state index contributed by atoms with van der Waals surface area (Å²) in [7, 11) is 0. The van der Waals surface area contributed by atoms with Crippen molar-refractivity contribution in [3.05, 3.63) is 35.9 Å². The normalized spacial score (nSPS) is 17.8. The highest BCUT2D eigenvalue weighted by Crippen LogP contribution is 2.20. The zero-order valence-corrected chi connectivity index (χ0v) is 11.8. The number of carbonyl (C=O) groups excluding carboxylic acids is 1. The van der Waals surface area contributed by atoms with Crippen molar-refractivity contribution < 1.29 is 19.8 Å². The van der Waals surface area contributed by atoms with Crippen LogP contribution in [-0.4, -0.2) is 57.8 Å². The molecule has 1 saturated heterocycles. The SMILES string of the molecule is O=C(O)[C@H]1CCCN1C(=O)N(CCO)Cc1ccccc1. The van der Waals surface area contributed by atoms with E-state index in [1.807, 2.05) is 30.3 Å². The number of hydrogen-bond donors (Lipinski definition) is 2. The Morgan fingerprint density at radius 3 is 2.62 bits per heavy atom. The number of benzene rings is 1. The molecule has 2 rings (SSSR count). The van der Waals surface area contributed by atoms with Gasteiger partial charge in [-0.3, -0.25) is 0 Å². The first-order valence-electron chi connectivity index (χ1n) is 7.06. The highest BCUT2D eigenvalue weighted by molar-refractivity contribution is 5.83. The van der Waals surface area contributed by atoms with Gasteiger partial charge in [0.15, 0.2) is 0 Å². The van der Waals surface area contributed by atoms with Crippen LogP contribution in [0.1, 0.15) is 18.4 Å². The Morgan fingerprint density at radius 2 is 2.00 bits per heavy atom. The van der Waals surface area contributed by atoms with Crippen LogP contribution in [0.2, 0.25) is 0 Å². The van der Waals surface area contributed by atoms with Crippen molar-refractivity contribution in [2.24, 2.45) is 0 Å². The van der Waals surface area contributed by atoms with Crippen LogP contribution in [0.25, 0.3) is 0 Å². The van der Waals surface area contributed by atoms with Crippen molar-refractivity contribution in [1.29, 1.82) is 0 Å². The molecule has 0 unspecified atom stereocenters. The molecule has 2 amide bonds. The largest absolute Gasteiger partial charge is 0.480 e. The van der Waals surface area contributed by atoms with Crippen molar-refractivity contribution >= 4 is 12.0 Å². The molecule has 0 aromatic heterocycles. The highest BCUT2D eigenvalue weighted by atomic mass is 16.4. The molecule has 6 heteroatoms. The third kappa shape index (κ3) is 3.72. The Kier molecular flexibility index (Phi) is 5.16. The van der Waals surface area contributed by atoms with Gasteiger partial charge in [0.05, 0.1) is 6.61 Å². The van der Waals surface area contributed by atoms with Crippen molar-refractivity contribution in [3.63, 3.8) is 0 Å². The molecule has 21 heavy (non-hydrogen) atoms. The average Bonchev–Trinajstić information content (AvgIpc) is 2.97. The molecule has 1 aliphatic heterocycles. The van der Waals surface area contributed by atoms with Crippen LogP contribution in [0.3, 0.4) is 0 Å². The summed E-state index contributed by atoms with van der Waals surface area (Å²) in [6.45, 7) is 0.857. The Labute approximate surface area is 123 Å². The highest BCUT2D eigenvalue weighted by Gasteiger charge is 2.36. The molecule has 1 atom stereocenters. The molecule has 1 aromatic carbocycles. The lowest BCUT2D eigenvalue weighted by Gasteiger charge is -2.30. The van der Waals surface area contributed by atoms with E-state index in [1.54, 1.807) is 0 Å². The fourth-order valence-corrected chi connectivity index (χ4v) is 2.60. The Balaban J connectivity index is 2.10. The van der Waals surface area contributed by atoms with Gasteiger partial charge in [-0.15, -0.1) is 0 Å². The van der Waals surface area contributed by atoms with E-state index in [0.29, 0.717) is 25.9 Å². The Hall–Kier alpha value is -2.08.